The molecule has 0 bridgehead atoms. The minimum absolute atomic E-state index is 0.0107. The molecule has 0 saturated carbocycles. The van der Waals surface area contributed by atoms with Gasteiger partial charge in [0, 0.05) is 19.6 Å². The quantitative estimate of drug-likeness (QED) is 0.460. The molecule has 4 aromatic rings. The Bertz CT molecular complexity index is 1450. The Balaban J connectivity index is 1.40. The lowest BCUT2D eigenvalue weighted by Gasteiger charge is -2.38. The van der Waals surface area contributed by atoms with Gasteiger partial charge in [-0.05, 0) is 23.3 Å². The molecular weight excluding hydrogens is 456 g/mol. The van der Waals surface area contributed by atoms with Gasteiger partial charge in [-0.1, -0.05) is 42.5 Å². The van der Waals surface area contributed by atoms with Crippen LogP contribution in [0.25, 0.3) is 22.3 Å². The van der Waals surface area contributed by atoms with Crippen molar-refractivity contribution >= 4 is 33.0 Å². The molecule has 1 aliphatic rings. The molecule has 2 aromatic carbocycles. The van der Waals surface area contributed by atoms with E-state index in [1.54, 1.807) is 17.0 Å². The predicted molar refractivity (Wildman–Crippen MR) is 125 cm³/mol. The SMILES string of the molecule is O=C(O)C1CN(c2cnc3cncnc3n2)CCN1S(=O)(=O)c1ccc(-c2ccccc2)cc1. The minimum atomic E-state index is -4.03. The number of aliphatic carboxylic acids is 1. The molecule has 172 valence electrons. The molecule has 2 aromatic heterocycles. The first-order valence-corrected chi connectivity index (χ1v) is 12.0. The fraction of sp³-hybridized carbons (Fsp3) is 0.174. The Labute approximate surface area is 195 Å². The van der Waals surface area contributed by atoms with Gasteiger partial charge < -0.3 is 10.0 Å². The second-order valence-corrected chi connectivity index (χ2v) is 9.66. The van der Waals surface area contributed by atoms with Gasteiger partial charge in [0.2, 0.25) is 10.0 Å². The number of benzene rings is 2. The highest BCUT2D eigenvalue weighted by Gasteiger charge is 2.40. The van der Waals surface area contributed by atoms with Crippen molar-refractivity contribution in [2.75, 3.05) is 24.5 Å². The van der Waals surface area contributed by atoms with Gasteiger partial charge in [-0.2, -0.15) is 4.31 Å². The lowest BCUT2D eigenvalue weighted by atomic mass is 10.1. The van der Waals surface area contributed by atoms with Gasteiger partial charge in [0.25, 0.3) is 0 Å². The van der Waals surface area contributed by atoms with Crippen LogP contribution in [0.15, 0.2) is 78.2 Å². The Morgan fingerprint density at radius 1 is 0.941 bits per heavy atom. The van der Waals surface area contributed by atoms with Crippen molar-refractivity contribution < 1.29 is 18.3 Å². The van der Waals surface area contributed by atoms with Crippen molar-refractivity contribution in [3.8, 4) is 11.1 Å². The average Bonchev–Trinajstić information content (AvgIpc) is 2.88. The number of rotatable bonds is 5. The van der Waals surface area contributed by atoms with Crippen molar-refractivity contribution in [2.24, 2.45) is 0 Å². The molecule has 3 heterocycles. The Morgan fingerprint density at radius 2 is 1.68 bits per heavy atom. The Kier molecular flexibility index (Phi) is 5.64. The third-order valence-corrected chi connectivity index (χ3v) is 7.64. The van der Waals surface area contributed by atoms with E-state index in [9.17, 15) is 18.3 Å². The maximum absolute atomic E-state index is 13.4. The smallest absolute Gasteiger partial charge is 0.323 e. The number of carbonyl (C=O) groups is 1. The van der Waals surface area contributed by atoms with E-state index in [2.05, 4.69) is 19.9 Å². The second kappa shape index (κ2) is 8.76. The molecule has 5 rings (SSSR count). The third kappa shape index (κ3) is 4.06. The van der Waals surface area contributed by atoms with Crippen LogP contribution in [0.1, 0.15) is 0 Å². The summed E-state index contributed by atoms with van der Waals surface area (Å²) < 4.78 is 27.8. The van der Waals surface area contributed by atoms with Crippen LogP contribution in [0.2, 0.25) is 0 Å². The number of piperazine rings is 1. The summed E-state index contributed by atoms with van der Waals surface area (Å²) in [7, 11) is -4.03. The lowest BCUT2D eigenvalue weighted by Crippen LogP contribution is -2.58. The van der Waals surface area contributed by atoms with Gasteiger partial charge in [-0.3, -0.25) is 4.79 Å². The molecule has 34 heavy (non-hydrogen) atoms. The first-order chi connectivity index (χ1) is 16.4. The van der Waals surface area contributed by atoms with E-state index in [1.807, 2.05) is 30.3 Å². The molecule has 1 aliphatic heterocycles. The van der Waals surface area contributed by atoms with Crippen molar-refractivity contribution in [3.05, 3.63) is 73.3 Å². The number of sulfonamides is 1. The van der Waals surface area contributed by atoms with E-state index in [0.29, 0.717) is 17.0 Å². The largest absolute Gasteiger partial charge is 0.480 e. The molecule has 1 saturated heterocycles. The van der Waals surface area contributed by atoms with E-state index in [-0.39, 0.29) is 24.5 Å². The number of fused-ring (bicyclic) bond motifs is 1. The summed E-state index contributed by atoms with van der Waals surface area (Å²) >= 11 is 0. The van der Waals surface area contributed by atoms with Gasteiger partial charge in [-0.25, -0.2) is 28.4 Å². The number of carboxylic acids is 1. The van der Waals surface area contributed by atoms with Crippen LogP contribution in [-0.4, -0.2) is 69.4 Å². The second-order valence-electron chi connectivity index (χ2n) is 7.77. The molecule has 0 aliphatic carbocycles. The topological polar surface area (TPSA) is 129 Å². The van der Waals surface area contributed by atoms with Crippen molar-refractivity contribution in [1.82, 2.24) is 24.2 Å². The number of anilines is 1. The highest BCUT2D eigenvalue weighted by Crippen LogP contribution is 2.27. The normalized spacial score (nSPS) is 17.1. The summed E-state index contributed by atoms with van der Waals surface area (Å²) in [5.41, 5.74) is 2.73. The summed E-state index contributed by atoms with van der Waals surface area (Å²) in [6.07, 6.45) is 4.40. The monoisotopic (exact) mass is 476 g/mol. The Morgan fingerprint density at radius 3 is 2.41 bits per heavy atom. The van der Waals surface area contributed by atoms with E-state index >= 15 is 0 Å². The first-order valence-electron chi connectivity index (χ1n) is 10.5. The number of carboxylic acid groups (broad SMARTS) is 1. The maximum Gasteiger partial charge on any atom is 0.323 e. The van der Waals surface area contributed by atoms with Crippen LogP contribution >= 0.6 is 0 Å². The molecule has 0 radical (unpaired) electrons. The molecule has 1 N–H and O–H groups in total. The number of nitrogens with zero attached hydrogens (tertiary/aromatic N) is 6. The van der Waals surface area contributed by atoms with Crippen LogP contribution in [0.5, 0.6) is 0 Å². The van der Waals surface area contributed by atoms with Crippen molar-refractivity contribution in [1.29, 1.82) is 0 Å². The molecule has 10 nitrogen and oxygen atoms in total. The highest BCUT2D eigenvalue weighted by atomic mass is 32.2. The average molecular weight is 477 g/mol. The molecule has 1 fully saturated rings. The molecule has 1 unspecified atom stereocenters. The fourth-order valence-corrected chi connectivity index (χ4v) is 5.52. The zero-order valence-corrected chi connectivity index (χ0v) is 18.7. The van der Waals surface area contributed by atoms with Gasteiger partial charge in [0.1, 0.15) is 23.7 Å². The van der Waals surface area contributed by atoms with Crippen LogP contribution < -0.4 is 4.90 Å². The molecule has 0 spiro atoms. The fourth-order valence-electron chi connectivity index (χ4n) is 3.96. The molecule has 11 heteroatoms. The van der Waals surface area contributed by atoms with E-state index in [0.717, 1.165) is 15.4 Å². The molecule has 0 amide bonds. The maximum atomic E-state index is 13.4. The number of aromatic nitrogens is 4. The summed E-state index contributed by atoms with van der Waals surface area (Å²) in [5, 5.41) is 9.86. The van der Waals surface area contributed by atoms with Crippen LogP contribution in [0.3, 0.4) is 0 Å². The Hall–Kier alpha value is -3.96. The summed E-state index contributed by atoms with van der Waals surface area (Å²) in [4.78, 5) is 30.5. The number of hydrogen-bond acceptors (Lipinski definition) is 8. The van der Waals surface area contributed by atoms with Gasteiger partial charge in [0.05, 0.1) is 17.3 Å². The highest BCUT2D eigenvalue weighted by molar-refractivity contribution is 7.89. The third-order valence-electron chi connectivity index (χ3n) is 5.72. The summed E-state index contributed by atoms with van der Waals surface area (Å²) in [6.45, 7) is 0.182. The van der Waals surface area contributed by atoms with Gasteiger partial charge in [-0.15, -0.1) is 0 Å². The van der Waals surface area contributed by atoms with Crippen molar-refractivity contribution in [3.63, 3.8) is 0 Å². The van der Waals surface area contributed by atoms with Crippen LogP contribution in [0, 0.1) is 0 Å². The summed E-state index contributed by atoms with van der Waals surface area (Å²) in [6, 6.07) is 14.8. The van der Waals surface area contributed by atoms with E-state index in [1.165, 1.54) is 30.9 Å². The van der Waals surface area contributed by atoms with Gasteiger partial charge in [0.15, 0.2) is 5.65 Å². The lowest BCUT2D eigenvalue weighted by molar-refractivity contribution is -0.141. The van der Waals surface area contributed by atoms with Crippen molar-refractivity contribution in [2.45, 2.75) is 10.9 Å². The first kappa shape index (κ1) is 21.9. The zero-order valence-electron chi connectivity index (χ0n) is 17.9. The van der Waals surface area contributed by atoms with E-state index in [4.69, 9.17) is 0 Å². The predicted octanol–water partition coefficient (Wildman–Crippen LogP) is 2.05. The number of hydrogen-bond donors (Lipinski definition) is 1. The minimum Gasteiger partial charge on any atom is -0.480 e. The van der Waals surface area contributed by atoms with E-state index < -0.39 is 22.0 Å². The van der Waals surface area contributed by atoms with Crippen LogP contribution in [-0.2, 0) is 14.8 Å². The molecular formula is C23H20N6O4S. The standard InChI is InChI=1S/C23H20N6O4S/c30-23(31)20-14-28(21-13-25-19-12-24-15-26-22(19)27-21)10-11-29(20)34(32,33)18-8-6-17(7-9-18)16-4-2-1-3-5-16/h1-9,12-13,15,20H,10-11,14H2,(H,30,31). The van der Waals surface area contributed by atoms with Crippen LogP contribution in [0.4, 0.5) is 5.82 Å². The molecule has 1 atom stereocenters. The summed E-state index contributed by atoms with van der Waals surface area (Å²) in [5.74, 6) is -0.799. The zero-order chi connectivity index (χ0) is 23.7. The van der Waals surface area contributed by atoms with Gasteiger partial charge >= 0.3 is 5.97 Å².